The molecule has 1 aliphatic heterocycles. The molecule has 0 saturated carbocycles. The third-order valence-electron chi connectivity index (χ3n) is 29.6. The normalized spacial score (nSPS) is 19.0. The van der Waals surface area contributed by atoms with Gasteiger partial charge in [-0.25, -0.2) is 15.0 Å². The van der Waals surface area contributed by atoms with E-state index < -0.39 is 36.4 Å². The van der Waals surface area contributed by atoms with Gasteiger partial charge in [-0.1, -0.05) is 140 Å². The number of pyridine rings is 3. The monoisotopic (exact) mass is 2050 g/mol. The molecule has 0 amide bonds. The van der Waals surface area contributed by atoms with Gasteiger partial charge in [-0.2, -0.15) is 53.6 Å². The molecule has 23 rings (SSSR count). The van der Waals surface area contributed by atoms with E-state index in [0.717, 1.165) is 218 Å². The number of halogens is 12. The number of anilines is 3. The Morgan fingerprint density at radius 2 is 0.848 bits per heavy atom. The van der Waals surface area contributed by atoms with Crippen molar-refractivity contribution in [1.82, 2.24) is 45.5 Å². The Labute approximate surface area is 843 Å². The average Bonchev–Trinajstić information content (AvgIpc) is 1.56. The third-order valence-corrected chi connectivity index (χ3v) is 30.3. The summed E-state index contributed by atoms with van der Waals surface area (Å²) in [6.07, 6.45) is 29.4. The summed E-state index contributed by atoms with van der Waals surface area (Å²) < 4.78 is 103. The van der Waals surface area contributed by atoms with Crippen LogP contribution in [0, 0.1) is 23.7 Å². The highest BCUT2D eigenvalue weighted by atomic mass is 35.5. The number of para-hydroxylation sites is 3. The van der Waals surface area contributed by atoms with Crippen molar-refractivity contribution in [3.05, 3.63) is 282 Å². The van der Waals surface area contributed by atoms with Crippen molar-refractivity contribution in [2.75, 3.05) is 23.7 Å². The van der Waals surface area contributed by atoms with E-state index in [1.807, 2.05) is 36.4 Å². The van der Waals surface area contributed by atoms with E-state index in [1.165, 1.54) is 160 Å². The van der Waals surface area contributed by atoms with E-state index >= 15 is 0 Å². The second-order valence-electron chi connectivity index (χ2n) is 39.8. The number of benzene rings is 6. The van der Waals surface area contributed by atoms with E-state index in [0.29, 0.717) is 35.5 Å². The van der Waals surface area contributed by atoms with Crippen molar-refractivity contribution in [3.8, 4) is 0 Å². The molecule has 25 nitrogen and oxygen atoms in total. The van der Waals surface area contributed by atoms with E-state index in [2.05, 4.69) is 215 Å². The van der Waals surface area contributed by atoms with E-state index in [1.54, 1.807) is 27.2 Å². The van der Waals surface area contributed by atoms with Gasteiger partial charge in [-0.3, -0.25) is 0 Å². The number of nitrogen functional groups attached to an aromatic ring is 3. The maximum absolute atomic E-state index is 10.5. The second-order valence-corrected chi connectivity index (χ2v) is 41.1. The van der Waals surface area contributed by atoms with Gasteiger partial charge < -0.3 is 66.3 Å². The summed E-state index contributed by atoms with van der Waals surface area (Å²) in [6, 6.07) is 46.1. The van der Waals surface area contributed by atoms with Gasteiger partial charge in [-0.15, -0.1) is 0 Å². The topological polar surface area (TPSA) is 380 Å². The first-order chi connectivity index (χ1) is 69.6. The Hall–Kier alpha value is -13.2. The SMILES string of the molecule is Nc1c2c([nH+]c3cc(Cl)ccc13)CC1C=C(CCCC[n+]3cc(CCC4CCc5c([nH]c6ccccc56)C4)n[nH]3)CC2C1.Nc1c2c([nH+]c3cc(Cl)ccc13)CC1C=C(CCCC[n+]3cc(CCn4ccc5ccccc54)n[nH]3)CC2C1.Nc1c2c([nH+]c3cc(Cl)ccc13)CC1C=C(CCCC[n+]3cc(C[NH+]4CCc5c([nH]c6ccccc56)C4)n[nH]3)CC2C1.O=C([O-])C(F)(F)F.O=C([O-])C(F)(F)F.O=C([O-])C(F)(F)F. The average molecular weight is 2050 g/mol. The number of carbonyl (C=O) groups excluding carboxylic acids is 3. The minimum atomic E-state index is -5.19. The highest BCUT2D eigenvalue weighted by Gasteiger charge is 2.42. The molecule has 10 heterocycles. The quantitative estimate of drug-likeness (QED) is 0.0125. The standard InChI is InChI=1S/C36H39ClN6.C34H36ClN7.C32H33ClN6.3C2HF3O2/c37-26-10-13-30-33(20-26)40-34-19-24-15-23(16-25(17-24)35(34)36(30)38)5-3-4-14-43-21-27(41-42-43)11-8-22-9-12-29-28-6-1-2-7-31(28)39-32(29)18-22;35-24-8-9-28-30(17-24)38-31-16-22-13-21(14-23(15-22)33(31)34(28)36)5-3-4-11-42-19-25(39-40-42)18-41-12-10-27-26-6-1-2-7-29(26)37-32(27)20-41;33-25-8-9-27-28(19-25)35-29-18-22-15-21(16-24(17-22)31(29)32(27)34)5-3-4-12-39-20-26(36-37-39)11-14-38-13-10-23-6-1-2-7-30(23)38;3*3-2(4,5)1(6)7/h1-2,6-7,10,13,15,20-22,24-25,39H,3-5,8-9,11-12,14,16-19H2,(H2,38,40);1-2,6-9,13,17,19,22-23,37H,3-5,10-12,14-16,18,20H2,(H2,36,38);1-2,6-10,13,15,19-20,22,24H,3-5,11-12,14,16-18H2,(H2,34,35);3*(H,6,7)/p+4. The lowest BCUT2D eigenvalue weighted by Crippen LogP contribution is -3.10. The molecule has 37 heteroatoms. The maximum Gasteiger partial charge on any atom is 0.430 e. The number of H-pyrrole nitrogens is 8. The molecule has 7 aliphatic carbocycles. The fourth-order valence-electron chi connectivity index (χ4n) is 23.2. The Balaban J connectivity index is 0.000000130. The molecule has 0 spiro atoms. The third kappa shape index (κ3) is 24.5. The molecule has 0 fully saturated rings. The van der Waals surface area contributed by atoms with Gasteiger partial charge in [0, 0.05) is 150 Å². The molecular weight excluding hydrogens is 1940 g/mol. The van der Waals surface area contributed by atoms with Crippen LogP contribution in [0.4, 0.5) is 56.6 Å². The highest BCUT2D eigenvalue weighted by molar-refractivity contribution is 6.32. The molecule has 8 unspecified atom stereocenters. The van der Waals surface area contributed by atoms with Gasteiger partial charge in [0.1, 0.15) is 44.1 Å². The van der Waals surface area contributed by atoms with Crippen LogP contribution in [0.1, 0.15) is 200 Å². The molecule has 15 N–H and O–H groups in total. The van der Waals surface area contributed by atoms with Crippen LogP contribution in [0.3, 0.4) is 0 Å². The summed E-state index contributed by atoms with van der Waals surface area (Å²) in [5, 5.41) is 59.5. The number of alkyl halides is 9. The smallest absolute Gasteiger partial charge is 0.430 e. The predicted molar refractivity (Wildman–Crippen MR) is 526 cm³/mol. The van der Waals surface area contributed by atoms with Crippen LogP contribution >= 0.6 is 34.8 Å². The van der Waals surface area contributed by atoms with Crippen molar-refractivity contribution in [2.24, 2.45) is 23.7 Å². The van der Waals surface area contributed by atoms with E-state index in [-0.39, 0.29) is 0 Å². The number of nitrogens with one attached hydrogen (secondary N) is 9. The first kappa shape index (κ1) is 102. The molecule has 15 aromatic rings. The van der Waals surface area contributed by atoms with Crippen LogP contribution in [-0.4, -0.2) is 88.5 Å². The lowest BCUT2D eigenvalue weighted by Gasteiger charge is -2.34. The Morgan fingerprint density at radius 1 is 0.455 bits per heavy atom. The van der Waals surface area contributed by atoms with Crippen molar-refractivity contribution >= 4 is 135 Å². The fourth-order valence-corrected chi connectivity index (χ4v) is 23.7. The van der Waals surface area contributed by atoms with E-state index in [9.17, 15) is 39.5 Å². The number of hydrogen-bond acceptors (Lipinski definition) is 12. The largest absolute Gasteiger partial charge is 0.542 e. The Kier molecular flexibility index (Phi) is 30.9. The van der Waals surface area contributed by atoms with E-state index in [4.69, 9.17) is 81.7 Å². The van der Waals surface area contributed by atoms with Crippen molar-refractivity contribution in [3.63, 3.8) is 0 Å². The number of nitrogens with two attached hydrogens (primary N) is 3. The Bertz CT molecular complexity index is 7340. The summed E-state index contributed by atoms with van der Waals surface area (Å²) in [4.78, 5) is 46.3. The van der Waals surface area contributed by atoms with Gasteiger partial charge in [0.2, 0.25) is 27.9 Å². The number of aliphatic carboxylic acids is 3. The van der Waals surface area contributed by atoms with Gasteiger partial charge in [0.15, 0.2) is 42.2 Å². The molecule has 0 radical (unpaired) electrons. The molecular formula is C108H115Cl3F9N19O6+4. The number of hydrogen-bond donors (Lipinski definition) is 9. The van der Waals surface area contributed by atoms with Crippen molar-refractivity contribution in [2.45, 2.75) is 236 Å². The molecule has 9 aromatic heterocycles. The number of carboxylic acid groups (broad SMARTS) is 3. The summed E-state index contributed by atoms with van der Waals surface area (Å²) in [5.74, 6) is -4.96. The molecule has 8 aliphatic rings. The number of nitrogens with zero attached hydrogens (tertiary/aromatic N) is 7. The van der Waals surface area contributed by atoms with Gasteiger partial charge in [0.05, 0.1) is 45.5 Å². The molecule has 145 heavy (non-hydrogen) atoms. The van der Waals surface area contributed by atoms with Gasteiger partial charge >= 0.3 is 18.5 Å². The number of fused-ring (bicyclic) bond motifs is 22. The number of aromatic amines is 8. The number of quaternary nitrogens is 1. The summed E-state index contributed by atoms with van der Waals surface area (Å²) in [7, 11) is 0. The highest BCUT2D eigenvalue weighted by Crippen LogP contribution is 2.51. The zero-order valence-corrected chi connectivity index (χ0v) is 82.0. The zero-order chi connectivity index (χ0) is 102. The lowest BCUT2D eigenvalue weighted by atomic mass is 9.70. The number of carbonyl (C=O) groups is 3. The summed E-state index contributed by atoms with van der Waals surface area (Å²) >= 11 is 18.8. The van der Waals surface area contributed by atoms with Crippen LogP contribution < -0.4 is 66.4 Å². The van der Waals surface area contributed by atoms with Crippen LogP contribution in [0.25, 0.3) is 65.4 Å². The minimum Gasteiger partial charge on any atom is -0.542 e. The van der Waals surface area contributed by atoms with Crippen LogP contribution in [0.15, 0.2) is 193 Å². The molecule has 6 bridgehead atoms. The number of rotatable bonds is 23. The van der Waals surface area contributed by atoms with Crippen LogP contribution in [0.2, 0.25) is 15.1 Å². The first-order valence-corrected chi connectivity index (χ1v) is 50.8. The second kappa shape index (κ2) is 44.0. The number of aromatic nitrogens is 15. The van der Waals surface area contributed by atoms with Crippen molar-refractivity contribution < 1.29 is 103 Å². The first-order valence-electron chi connectivity index (χ1n) is 49.6. The molecule has 8 atom stereocenters. The number of aryl methyl sites for hydroxylation is 7. The zero-order valence-electron chi connectivity index (χ0n) is 79.8. The maximum atomic E-state index is 10.5. The van der Waals surface area contributed by atoms with Crippen LogP contribution in [0.5, 0.6) is 0 Å². The number of unbranched alkanes of at least 4 members (excludes halogenated alkanes) is 3. The fraction of sp³-hybridized carbons (Fsp3) is 0.389. The Morgan fingerprint density at radius 3 is 1.29 bits per heavy atom. The number of carboxylic acids is 3. The number of allylic oxidation sites excluding steroid dienone is 6. The predicted octanol–water partition coefficient (Wildman–Crippen LogP) is 15.2. The van der Waals surface area contributed by atoms with Crippen LogP contribution in [-0.2, 0) is 105 Å². The minimum absolute atomic E-state index is 0.511. The molecule has 758 valence electrons. The van der Waals surface area contributed by atoms with Crippen molar-refractivity contribution in [1.29, 1.82) is 0 Å². The molecule has 0 saturated heterocycles. The lowest BCUT2D eigenvalue weighted by molar-refractivity contribution is -0.930. The van der Waals surface area contributed by atoms with Gasteiger partial charge in [-0.05, 0) is 241 Å². The molecule has 6 aromatic carbocycles. The summed E-state index contributed by atoms with van der Waals surface area (Å²) in [5.41, 5.74) is 52.2. The van der Waals surface area contributed by atoms with Gasteiger partial charge in [0.25, 0.3) is 5.69 Å². The summed E-state index contributed by atoms with van der Waals surface area (Å²) in [6.45, 7) is 7.02.